The van der Waals surface area contributed by atoms with Gasteiger partial charge in [0.2, 0.25) is 0 Å². The van der Waals surface area contributed by atoms with E-state index in [-0.39, 0.29) is 28.1 Å². The van der Waals surface area contributed by atoms with Crippen molar-refractivity contribution in [3.63, 3.8) is 0 Å². The number of rotatable bonds is 6. The molecule has 1 atom stereocenters. The molecule has 0 aromatic heterocycles. The topological polar surface area (TPSA) is 135 Å². The number of benzene rings is 2. The second-order valence-corrected chi connectivity index (χ2v) is 5.29. The zero-order valence-electron chi connectivity index (χ0n) is 14.4. The monoisotopic (exact) mass is 372 g/mol. The van der Waals surface area contributed by atoms with Crippen molar-refractivity contribution < 1.29 is 34.1 Å². The van der Waals surface area contributed by atoms with E-state index in [0.717, 1.165) is 0 Å². The summed E-state index contributed by atoms with van der Waals surface area (Å²) in [6.07, 6.45) is -1.69. The van der Waals surface area contributed by atoms with Gasteiger partial charge in [-0.2, -0.15) is 10.2 Å². The van der Waals surface area contributed by atoms with E-state index in [1.807, 2.05) is 0 Å². The van der Waals surface area contributed by atoms with Gasteiger partial charge in [-0.05, 0) is 35.9 Å². The third-order valence-corrected chi connectivity index (χ3v) is 3.46. The fourth-order valence-electron chi connectivity index (χ4n) is 2.16. The number of esters is 2. The number of aliphatic carboxylic acids is 1. The van der Waals surface area contributed by atoms with Gasteiger partial charge < -0.3 is 19.7 Å². The van der Waals surface area contributed by atoms with E-state index in [0.29, 0.717) is 0 Å². The van der Waals surface area contributed by atoms with Crippen LogP contribution in [0, 0.1) is 0 Å². The summed E-state index contributed by atoms with van der Waals surface area (Å²) >= 11 is 0. The maximum absolute atomic E-state index is 11.8. The lowest BCUT2D eigenvalue weighted by Gasteiger charge is -2.06. The van der Waals surface area contributed by atoms with E-state index >= 15 is 0 Å². The molecular formula is C18H16N2O7. The van der Waals surface area contributed by atoms with Gasteiger partial charge in [-0.15, -0.1) is 0 Å². The minimum absolute atomic E-state index is 0.0874. The van der Waals surface area contributed by atoms with Crippen molar-refractivity contribution in [1.82, 2.24) is 0 Å². The normalized spacial score (nSPS) is 11.8. The second-order valence-electron chi connectivity index (χ2n) is 5.29. The number of carbonyl (C=O) groups is 3. The Morgan fingerprint density at radius 3 is 1.96 bits per heavy atom. The van der Waals surface area contributed by atoms with E-state index in [1.54, 1.807) is 6.07 Å². The smallest absolute Gasteiger partial charge is 0.337 e. The van der Waals surface area contributed by atoms with Crippen molar-refractivity contribution in [2.75, 3.05) is 14.2 Å². The number of hydrogen-bond acceptors (Lipinski definition) is 8. The number of methoxy groups -OCH3 is 2. The van der Waals surface area contributed by atoms with Crippen LogP contribution in [0.5, 0.6) is 0 Å². The number of aliphatic hydroxyl groups is 1. The summed E-state index contributed by atoms with van der Waals surface area (Å²) in [5.41, 5.74) is 0.768. The first-order chi connectivity index (χ1) is 12.8. The van der Waals surface area contributed by atoms with Crippen molar-refractivity contribution in [1.29, 1.82) is 0 Å². The molecular weight excluding hydrogens is 356 g/mol. The Balaban J connectivity index is 2.38. The number of aliphatic hydroxyl groups excluding tert-OH is 1. The fraction of sp³-hybridized carbons (Fsp3) is 0.167. The molecule has 0 aliphatic rings. The SMILES string of the molecule is COC(=O)c1cc(N=Nc2cccc(C(O)C(=O)O)c2)cc(C(=O)OC)c1. The van der Waals surface area contributed by atoms with Gasteiger partial charge in [-0.3, -0.25) is 0 Å². The number of nitrogens with zero attached hydrogens (tertiary/aromatic N) is 2. The maximum Gasteiger partial charge on any atom is 0.337 e. The summed E-state index contributed by atoms with van der Waals surface area (Å²) in [6.45, 7) is 0. The van der Waals surface area contributed by atoms with E-state index in [4.69, 9.17) is 5.11 Å². The molecule has 1 unspecified atom stereocenters. The summed E-state index contributed by atoms with van der Waals surface area (Å²) in [4.78, 5) is 34.4. The molecule has 9 heteroatoms. The van der Waals surface area contributed by atoms with Crippen LogP contribution in [-0.2, 0) is 14.3 Å². The first kappa shape index (κ1) is 19.7. The van der Waals surface area contributed by atoms with E-state index < -0.39 is 24.0 Å². The van der Waals surface area contributed by atoms with Crippen molar-refractivity contribution in [3.05, 3.63) is 59.2 Å². The van der Waals surface area contributed by atoms with Crippen molar-refractivity contribution in [2.24, 2.45) is 10.2 Å². The Morgan fingerprint density at radius 2 is 1.44 bits per heavy atom. The number of carboxylic acid groups (broad SMARTS) is 1. The standard InChI is InChI=1S/C18H16N2O7/c1-26-17(24)11-6-12(18(25)27-2)9-14(8-11)20-19-13-5-3-4-10(7-13)15(21)16(22)23/h3-9,15,21H,1-2H3,(H,22,23). The zero-order valence-corrected chi connectivity index (χ0v) is 14.4. The molecule has 0 amide bonds. The molecule has 9 nitrogen and oxygen atoms in total. The lowest BCUT2D eigenvalue weighted by atomic mass is 10.1. The molecule has 0 aliphatic carbocycles. The van der Waals surface area contributed by atoms with Crippen LogP contribution in [0.3, 0.4) is 0 Å². The fourth-order valence-corrected chi connectivity index (χ4v) is 2.16. The highest BCUT2D eigenvalue weighted by molar-refractivity contribution is 5.96. The van der Waals surface area contributed by atoms with Crippen LogP contribution in [0.15, 0.2) is 52.7 Å². The van der Waals surface area contributed by atoms with Crippen molar-refractivity contribution in [3.8, 4) is 0 Å². The third kappa shape index (κ3) is 4.95. The van der Waals surface area contributed by atoms with Crippen molar-refractivity contribution >= 4 is 29.3 Å². The molecule has 0 fully saturated rings. The van der Waals surface area contributed by atoms with Crippen LogP contribution in [0.2, 0.25) is 0 Å². The van der Waals surface area contributed by atoms with Crippen LogP contribution >= 0.6 is 0 Å². The molecule has 2 aromatic rings. The number of carboxylic acids is 1. The summed E-state index contributed by atoms with van der Waals surface area (Å²) in [5.74, 6) is -2.72. The third-order valence-electron chi connectivity index (χ3n) is 3.46. The molecule has 0 saturated heterocycles. The number of carbonyl (C=O) groups excluding carboxylic acids is 2. The summed E-state index contributed by atoms with van der Waals surface area (Å²) in [6, 6.07) is 9.90. The van der Waals surface area contributed by atoms with Crippen LogP contribution in [0.4, 0.5) is 11.4 Å². The molecule has 0 spiro atoms. The molecule has 0 heterocycles. The molecule has 2 aromatic carbocycles. The Labute approximate surface area is 153 Å². The van der Waals surface area contributed by atoms with Gasteiger partial charge in [-0.25, -0.2) is 14.4 Å². The number of hydrogen-bond donors (Lipinski definition) is 2. The highest BCUT2D eigenvalue weighted by Crippen LogP contribution is 2.24. The largest absolute Gasteiger partial charge is 0.479 e. The average molecular weight is 372 g/mol. The quantitative estimate of drug-likeness (QED) is 0.588. The van der Waals surface area contributed by atoms with Crippen molar-refractivity contribution in [2.45, 2.75) is 6.10 Å². The first-order valence-electron chi connectivity index (χ1n) is 7.60. The Kier molecular flexibility index (Phi) is 6.34. The zero-order chi connectivity index (χ0) is 20.0. The number of ether oxygens (including phenoxy) is 2. The highest BCUT2D eigenvalue weighted by atomic mass is 16.5. The molecule has 27 heavy (non-hydrogen) atoms. The summed E-state index contributed by atoms with van der Waals surface area (Å²) in [7, 11) is 2.40. The molecule has 2 N–H and O–H groups in total. The minimum atomic E-state index is -1.69. The van der Waals surface area contributed by atoms with Gasteiger partial charge >= 0.3 is 17.9 Å². The van der Waals surface area contributed by atoms with Crippen LogP contribution in [0.25, 0.3) is 0 Å². The van der Waals surface area contributed by atoms with Gasteiger partial charge in [0.15, 0.2) is 6.10 Å². The van der Waals surface area contributed by atoms with E-state index in [2.05, 4.69) is 19.7 Å². The van der Waals surface area contributed by atoms with E-state index in [9.17, 15) is 19.5 Å². The minimum Gasteiger partial charge on any atom is -0.479 e. The highest BCUT2D eigenvalue weighted by Gasteiger charge is 2.16. The molecule has 0 radical (unpaired) electrons. The number of azo groups is 1. The first-order valence-corrected chi connectivity index (χ1v) is 7.60. The summed E-state index contributed by atoms with van der Waals surface area (Å²) in [5, 5.41) is 26.3. The molecule has 0 aliphatic heterocycles. The molecule has 0 saturated carbocycles. The van der Waals surface area contributed by atoms with Crippen LogP contribution < -0.4 is 0 Å². The summed E-state index contributed by atoms with van der Waals surface area (Å²) < 4.78 is 9.28. The second kappa shape index (κ2) is 8.68. The predicted molar refractivity (Wildman–Crippen MR) is 92.3 cm³/mol. The molecule has 2 rings (SSSR count). The van der Waals surface area contributed by atoms with Gasteiger partial charge in [0.05, 0.1) is 36.7 Å². The average Bonchev–Trinajstić information content (AvgIpc) is 2.70. The Bertz CT molecular complexity index is 874. The van der Waals surface area contributed by atoms with Gasteiger partial charge in [0.25, 0.3) is 0 Å². The maximum atomic E-state index is 11.8. The van der Waals surface area contributed by atoms with Crippen LogP contribution in [0.1, 0.15) is 32.4 Å². The van der Waals surface area contributed by atoms with E-state index in [1.165, 1.54) is 50.6 Å². The van der Waals surface area contributed by atoms with Gasteiger partial charge in [-0.1, -0.05) is 12.1 Å². The predicted octanol–water partition coefficient (Wildman–Crippen LogP) is 2.79. The van der Waals surface area contributed by atoms with Crippen LogP contribution in [-0.4, -0.2) is 42.3 Å². The lowest BCUT2D eigenvalue weighted by Crippen LogP contribution is -2.09. The molecule has 140 valence electrons. The Morgan fingerprint density at radius 1 is 0.889 bits per heavy atom. The van der Waals surface area contributed by atoms with Gasteiger partial charge in [0, 0.05) is 0 Å². The molecule has 0 bridgehead atoms. The Hall–Kier alpha value is -3.59. The lowest BCUT2D eigenvalue weighted by molar-refractivity contribution is -0.146. The van der Waals surface area contributed by atoms with Gasteiger partial charge in [0.1, 0.15) is 0 Å².